The van der Waals surface area contributed by atoms with Crippen LogP contribution in [0.1, 0.15) is 83.7 Å². The highest BCUT2D eigenvalue weighted by molar-refractivity contribution is 5.87. The van der Waals surface area contributed by atoms with Crippen LogP contribution in [-0.2, 0) is 4.74 Å². The van der Waals surface area contributed by atoms with Gasteiger partial charge in [0.05, 0.1) is 0 Å². The quantitative estimate of drug-likeness (QED) is 0.720. The number of likely N-dealkylation sites (tertiary alicyclic amines) is 1. The van der Waals surface area contributed by atoms with E-state index in [-0.39, 0.29) is 12.1 Å². The van der Waals surface area contributed by atoms with E-state index in [1.54, 1.807) is 4.90 Å². The van der Waals surface area contributed by atoms with Gasteiger partial charge in [-0.15, -0.1) is 0 Å². The lowest BCUT2D eigenvalue weighted by atomic mass is 9.94. The summed E-state index contributed by atoms with van der Waals surface area (Å²) in [5, 5.41) is 0. The van der Waals surface area contributed by atoms with Crippen molar-refractivity contribution in [1.29, 1.82) is 0 Å². The summed E-state index contributed by atoms with van der Waals surface area (Å²) in [4.78, 5) is 21.9. The second kappa shape index (κ2) is 8.59. The summed E-state index contributed by atoms with van der Waals surface area (Å²) in [6.07, 6.45) is 11.0. The minimum Gasteiger partial charge on any atom is -0.443 e. The minimum atomic E-state index is -0.505. The first-order valence-electron chi connectivity index (χ1n) is 10.5. The molecule has 2 aliphatic rings. The smallest absolute Gasteiger partial charge is 0.416 e. The van der Waals surface area contributed by atoms with Crippen LogP contribution in [0.5, 0.6) is 0 Å². The maximum absolute atomic E-state index is 13.0. The molecule has 0 N–H and O–H groups in total. The Hall–Kier alpha value is -1.62. The fourth-order valence-corrected chi connectivity index (χ4v) is 4.31. The van der Waals surface area contributed by atoms with Crippen molar-refractivity contribution in [3.63, 3.8) is 0 Å². The van der Waals surface area contributed by atoms with E-state index in [1.807, 2.05) is 33.0 Å². The number of aromatic nitrogens is 1. The molecule has 1 unspecified atom stereocenters. The number of carbonyl (C=O) groups is 1. The van der Waals surface area contributed by atoms with Gasteiger partial charge in [-0.3, -0.25) is 9.80 Å². The fourth-order valence-electron chi connectivity index (χ4n) is 4.31. The van der Waals surface area contributed by atoms with Gasteiger partial charge in [0.1, 0.15) is 11.4 Å². The highest BCUT2D eigenvalue weighted by atomic mass is 16.6. The lowest BCUT2D eigenvalue weighted by Gasteiger charge is -2.35. The molecule has 1 aliphatic carbocycles. The Morgan fingerprint density at radius 2 is 1.81 bits per heavy atom. The maximum Gasteiger partial charge on any atom is 0.416 e. The molecule has 5 heteroatoms. The van der Waals surface area contributed by atoms with Gasteiger partial charge in [0, 0.05) is 18.3 Å². The molecule has 1 saturated carbocycles. The van der Waals surface area contributed by atoms with Crippen LogP contribution in [0.4, 0.5) is 10.6 Å². The Bertz CT molecular complexity index is 617. The predicted octanol–water partition coefficient (Wildman–Crippen LogP) is 5.31. The van der Waals surface area contributed by atoms with Crippen LogP contribution >= 0.6 is 0 Å². The van der Waals surface area contributed by atoms with E-state index in [4.69, 9.17) is 9.72 Å². The molecule has 0 aromatic carbocycles. The molecule has 1 saturated heterocycles. The van der Waals surface area contributed by atoms with Crippen LogP contribution in [0.3, 0.4) is 0 Å². The predicted molar refractivity (Wildman–Crippen MR) is 109 cm³/mol. The molecule has 2 heterocycles. The zero-order chi connectivity index (χ0) is 19.4. The largest absolute Gasteiger partial charge is 0.443 e. The molecule has 0 bridgehead atoms. The number of hydrogen-bond acceptors (Lipinski definition) is 4. The molecule has 1 aromatic rings. The first-order valence-corrected chi connectivity index (χ1v) is 10.5. The minimum absolute atomic E-state index is 0.185. The molecule has 3 rings (SSSR count). The summed E-state index contributed by atoms with van der Waals surface area (Å²) in [6.45, 7) is 6.89. The van der Waals surface area contributed by atoms with Crippen molar-refractivity contribution in [2.45, 2.75) is 89.8 Å². The van der Waals surface area contributed by atoms with E-state index in [0.29, 0.717) is 6.04 Å². The SMILES string of the molecule is CN1CCCCC1c1ccc(N(C(=O)OC(C)(C)C)C2CCCCC2)nc1. The number of hydrogen-bond donors (Lipinski definition) is 0. The molecular formula is C22H35N3O2. The molecular weight excluding hydrogens is 338 g/mol. The highest BCUT2D eigenvalue weighted by Gasteiger charge is 2.32. The Balaban J connectivity index is 1.81. The lowest BCUT2D eigenvalue weighted by Crippen LogP contribution is -2.45. The summed E-state index contributed by atoms with van der Waals surface area (Å²) in [5.74, 6) is 0.721. The topological polar surface area (TPSA) is 45.7 Å². The van der Waals surface area contributed by atoms with Crippen LogP contribution < -0.4 is 4.90 Å². The number of piperidine rings is 1. The zero-order valence-electron chi connectivity index (χ0n) is 17.4. The van der Waals surface area contributed by atoms with Gasteiger partial charge in [0.2, 0.25) is 0 Å². The number of nitrogens with zero attached hydrogens (tertiary/aromatic N) is 3. The molecule has 1 aliphatic heterocycles. The average molecular weight is 374 g/mol. The van der Waals surface area contributed by atoms with Crippen LogP contribution in [0.25, 0.3) is 0 Å². The standard InChI is InChI=1S/C22H35N3O2/c1-22(2,3)27-21(26)25(18-10-6-5-7-11-18)20-14-13-17(16-23-20)19-12-8-9-15-24(19)4/h13-14,16,18-19H,5-12,15H2,1-4H3. The second-order valence-corrected chi connectivity index (χ2v) is 9.08. The summed E-state index contributed by atoms with van der Waals surface area (Å²) < 4.78 is 5.71. The van der Waals surface area contributed by atoms with E-state index >= 15 is 0 Å². The van der Waals surface area contributed by atoms with Crippen molar-refractivity contribution in [3.8, 4) is 0 Å². The van der Waals surface area contributed by atoms with Crippen molar-refractivity contribution in [3.05, 3.63) is 23.9 Å². The van der Waals surface area contributed by atoms with Gasteiger partial charge in [-0.2, -0.15) is 0 Å². The van der Waals surface area contributed by atoms with Crippen molar-refractivity contribution in [1.82, 2.24) is 9.88 Å². The van der Waals surface area contributed by atoms with Gasteiger partial charge in [-0.05, 0) is 71.7 Å². The Kier molecular flexibility index (Phi) is 6.40. The first kappa shape index (κ1) is 20.1. The molecule has 1 atom stereocenters. The molecule has 0 radical (unpaired) electrons. The van der Waals surface area contributed by atoms with E-state index in [0.717, 1.165) is 38.0 Å². The van der Waals surface area contributed by atoms with E-state index in [1.165, 1.54) is 31.2 Å². The molecule has 27 heavy (non-hydrogen) atoms. The molecule has 150 valence electrons. The van der Waals surface area contributed by atoms with Gasteiger partial charge in [0.15, 0.2) is 0 Å². The second-order valence-electron chi connectivity index (χ2n) is 9.08. The maximum atomic E-state index is 13.0. The van der Waals surface area contributed by atoms with Crippen molar-refractivity contribution in [2.75, 3.05) is 18.5 Å². The number of carbonyl (C=O) groups excluding carboxylic acids is 1. The number of pyridine rings is 1. The van der Waals surface area contributed by atoms with Crippen molar-refractivity contribution < 1.29 is 9.53 Å². The van der Waals surface area contributed by atoms with Gasteiger partial charge >= 0.3 is 6.09 Å². The third-order valence-corrected chi connectivity index (χ3v) is 5.70. The number of anilines is 1. The summed E-state index contributed by atoms with van der Waals surface area (Å²) >= 11 is 0. The molecule has 1 amide bonds. The highest BCUT2D eigenvalue weighted by Crippen LogP contribution is 2.32. The Labute approximate surface area is 164 Å². The summed E-state index contributed by atoms with van der Waals surface area (Å²) in [6, 6.07) is 4.78. The van der Waals surface area contributed by atoms with Gasteiger partial charge in [0.25, 0.3) is 0 Å². The van der Waals surface area contributed by atoms with E-state index in [2.05, 4.69) is 18.0 Å². The summed E-state index contributed by atoms with van der Waals surface area (Å²) in [7, 11) is 2.19. The fraction of sp³-hybridized carbons (Fsp3) is 0.727. The van der Waals surface area contributed by atoms with E-state index in [9.17, 15) is 4.79 Å². The molecule has 2 fully saturated rings. The van der Waals surface area contributed by atoms with Gasteiger partial charge in [-0.1, -0.05) is 31.7 Å². The van der Waals surface area contributed by atoms with Gasteiger partial charge in [-0.25, -0.2) is 9.78 Å². The van der Waals surface area contributed by atoms with E-state index < -0.39 is 5.60 Å². The number of ether oxygens (including phenoxy) is 1. The Morgan fingerprint density at radius 3 is 2.41 bits per heavy atom. The zero-order valence-corrected chi connectivity index (χ0v) is 17.4. The van der Waals surface area contributed by atoms with Crippen molar-refractivity contribution in [2.24, 2.45) is 0 Å². The van der Waals surface area contributed by atoms with Crippen LogP contribution in [0, 0.1) is 0 Å². The normalized spacial score (nSPS) is 22.4. The van der Waals surface area contributed by atoms with Crippen LogP contribution in [0.15, 0.2) is 18.3 Å². The van der Waals surface area contributed by atoms with Crippen molar-refractivity contribution >= 4 is 11.9 Å². The molecule has 5 nitrogen and oxygen atoms in total. The van der Waals surface area contributed by atoms with Gasteiger partial charge < -0.3 is 4.74 Å². The number of rotatable bonds is 3. The lowest BCUT2D eigenvalue weighted by molar-refractivity contribution is 0.0556. The number of amides is 1. The molecule has 0 spiro atoms. The third kappa shape index (κ3) is 5.22. The van der Waals surface area contributed by atoms with Crippen LogP contribution in [-0.4, -0.2) is 41.2 Å². The monoisotopic (exact) mass is 373 g/mol. The third-order valence-electron chi connectivity index (χ3n) is 5.70. The summed E-state index contributed by atoms with van der Waals surface area (Å²) in [5.41, 5.74) is 0.739. The molecule has 1 aromatic heterocycles. The Morgan fingerprint density at radius 1 is 1.11 bits per heavy atom. The average Bonchev–Trinajstić information content (AvgIpc) is 2.62. The van der Waals surface area contributed by atoms with Crippen LogP contribution in [0.2, 0.25) is 0 Å². The first-order chi connectivity index (χ1) is 12.8.